The standard InChI is InChI=1S/C10H9NO2/c12-6-7-3-8-4-9(13)1-2-10(8)11-5-7/h3,5-6H,1-2,4H2. The Kier molecular flexibility index (Phi) is 1.93. The molecule has 1 aliphatic carbocycles. The topological polar surface area (TPSA) is 47.0 Å². The zero-order chi connectivity index (χ0) is 9.26. The second kappa shape index (κ2) is 3.09. The van der Waals surface area contributed by atoms with Crippen LogP contribution < -0.4 is 0 Å². The largest absolute Gasteiger partial charge is 0.299 e. The van der Waals surface area contributed by atoms with Crippen LogP contribution in [-0.4, -0.2) is 17.1 Å². The number of aryl methyl sites for hydroxylation is 1. The van der Waals surface area contributed by atoms with E-state index in [0.717, 1.165) is 17.5 Å². The van der Waals surface area contributed by atoms with E-state index < -0.39 is 0 Å². The predicted octanol–water partition coefficient (Wildman–Crippen LogP) is 0.952. The van der Waals surface area contributed by atoms with Gasteiger partial charge in [0.15, 0.2) is 6.29 Å². The lowest BCUT2D eigenvalue weighted by Gasteiger charge is -2.13. The number of nitrogens with zero attached hydrogens (tertiary/aromatic N) is 1. The van der Waals surface area contributed by atoms with Crippen LogP contribution in [0.25, 0.3) is 0 Å². The van der Waals surface area contributed by atoms with Crippen LogP contribution in [0, 0.1) is 0 Å². The molecular formula is C10H9NO2. The second-order valence-electron chi connectivity index (χ2n) is 3.21. The maximum absolute atomic E-state index is 11.1. The van der Waals surface area contributed by atoms with Gasteiger partial charge in [0.05, 0.1) is 0 Å². The van der Waals surface area contributed by atoms with Crippen molar-refractivity contribution in [3.05, 3.63) is 29.1 Å². The molecule has 0 saturated carbocycles. The number of aromatic nitrogens is 1. The Morgan fingerprint density at radius 2 is 2.23 bits per heavy atom. The number of hydrogen-bond acceptors (Lipinski definition) is 3. The molecule has 0 saturated heterocycles. The smallest absolute Gasteiger partial charge is 0.151 e. The number of carbonyl (C=O) groups excluding carboxylic acids is 2. The van der Waals surface area contributed by atoms with Crippen molar-refractivity contribution in [1.82, 2.24) is 4.98 Å². The van der Waals surface area contributed by atoms with Crippen molar-refractivity contribution in [3.8, 4) is 0 Å². The number of hydrogen-bond donors (Lipinski definition) is 0. The summed E-state index contributed by atoms with van der Waals surface area (Å²) in [7, 11) is 0. The van der Waals surface area contributed by atoms with Crippen molar-refractivity contribution < 1.29 is 9.59 Å². The zero-order valence-electron chi connectivity index (χ0n) is 7.12. The number of pyridine rings is 1. The fraction of sp³-hybridized carbons (Fsp3) is 0.300. The van der Waals surface area contributed by atoms with E-state index in [9.17, 15) is 9.59 Å². The van der Waals surface area contributed by atoms with Crippen LogP contribution in [-0.2, 0) is 17.6 Å². The maximum atomic E-state index is 11.1. The summed E-state index contributed by atoms with van der Waals surface area (Å²) in [5.41, 5.74) is 2.43. The normalized spacial score (nSPS) is 15.2. The lowest BCUT2D eigenvalue weighted by molar-refractivity contribution is -0.118. The molecule has 66 valence electrons. The Bertz CT molecular complexity index is 371. The first kappa shape index (κ1) is 8.10. The zero-order valence-corrected chi connectivity index (χ0v) is 7.12. The minimum absolute atomic E-state index is 0.234. The minimum Gasteiger partial charge on any atom is -0.299 e. The van der Waals surface area contributed by atoms with Crippen LogP contribution >= 0.6 is 0 Å². The molecule has 0 bridgehead atoms. The summed E-state index contributed by atoms with van der Waals surface area (Å²) in [6.45, 7) is 0. The SMILES string of the molecule is O=Cc1cnc2c(c1)CC(=O)CC2. The van der Waals surface area contributed by atoms with Crippen molar-refractivity contribution >= 4 is 12.1 Å². The Hall–Kier alpha value is -1.51. The highest BCUT2D eigenvalue weighted by Crippen LogP contribution is 2.17. The lowest BCUT2D eigenvalue weighted by atomic mass is 9.94. The first-order chi connectivity index (χ1) is 6.29. The van der Waals surface area contributed by atoms with Gasteiger partial charge in [-0.2, -0.15) is 0 Å². The molecule has 0 unspecified atom stereocenters. The van der Waals surface area contributed by atoms with Gasteiger partial charge in [-0.3, -0.25) is 14.6 Å². The molecule has 1 aromatic rings. The van der Waals surface area contributed by atoms with E-state index >= 15 is 0 Å². The quantitative estimate of drug-likeness (QED) is 0.597. The molecule has 1 aliphatic rings. The van der Waals surface area contributed by atoms with E-state index in [-0.39, 0.29) is 5.78 Å². The van der Waals surface area contributed by atoms with Crippen LogP contribution in [0.15, 0.2) is 12.3 Å². The summed E-state index contributed by atoms with van der Waals surface area (Å²) >= 11 is 0. The highest BCUT2D eigenvalue weighted by atomic mass is 16.1. The summed E-state index contributed by atoms with van der Waals surface area (Å²) in [6, 6.07) is 1.76. The Morgan fingerprint density at radius 1 is 1.38 bits per heavy atom. The van der Waals surface area contributed by atoms with E-state index in [2.05, 4.69) is 4.98 Å². The van der Waals surface area contributed by atoms with E-state index in [0.29, 0.717) is 24.8 Å². The van der Waals surface area contributed by atoms with Crippen molar-refractivity contribution in [1.29, 1.82) is 0 Å². The summed E-state index contributed by atoms with van der Waals surface area (Å²) in [5.74, 6) is 0.234. The second-order valence-corrected chi connectivity index (χ2v) is 3.21. The van der Waals surface area contributed by atoms with Gasteiger partial charge in [0, 0.05) is 30.3 Å². The minimum atomic E-state index is 0.234. The number of ketones is 1. The summed E-state index contributed by atoms with van der Waals surface area (Å²) in [5, 5.41) is 0. The first-order valence-corrected chi connectivity index (χ1v) is 4.24. The van der Waals surface area contributed by atoms with Crippen molar-refractivity contribution in [3.63, 3.8) is 0 Å². The molecule has 0 fully saturated rings. The van der Waals surface area contributed by atoms with E-state index in [4.69, 9.17) is 0 Å². The van der Waals surface area contributed by atoms with Gasteiger partial charge in [0.1, 0.15) is 5.78 Å². The van der Waals surface area contributed by atoms with Gasteiger partial charge < -0.3 is 0 Å². The molecular weight excluding hydrogens is 166 g/mol. The molecule has 2 rings (SSSR count). The highest BCUT2D eigenvalue weighted by Gasteiger charge is 2.16. The average molecular weight is 175 g/mol. The van der Waals surface area contributed by atoms with E-state index in [1.807, 2.05) is 0 Å². The molecule has 0 amide bonds. The molecule has 13 heavy (non-hydrogen) atoms. The third-order valence-corrected chi connectivity index (χ3v) is 2.25. The van der Waals surface area contributed by atoms with Crippen LogP contribution in [0.2, 0.25) is 0 Å². The third kappa shape index (κ3) is 1.49. The fourth-order valence-corrected chi connectivity index (χ4v) is 1.56. The van der Waals surface area contributed by atoms with E-state index in [1.54, 1.807) is 12.3 Å². The predicted molar refractivity (Wildman–Crippen MR) is 46.7 cm³/mol. The van der Waals surface area contributed by atoms with Crippen LogP contribution in [0.3, 0.4) is 0 Å². The molecule has 0 atom stereocenters. The number of aldehydes is 1. The summed E-state index contributed by atoms with van der Waals surface area (Å²) in [4.78, 5) is 25.7. The van der Waals surface area contributed by atoms with Gasteiger partial charge in [-0.1, -0.05) is 0 Å². The van der Waals surface area contributed by atoms with E-state index in [1.165, 1.54) is 0 Å². The molecule has 0 spiro atoms. The number of carbonyl (C=O) groups is 2. The molecule has 0 radical (unpaired) electrons. The van der Waals surface area contributed by atoms with Crippen LogP contribution in [0.4, 0.5) is 0 Å². The molecule has 3 nitrogen and oxygen atoms in total. The molecule has 1 heterocycles. The Balaban J connectivity index is 2.43. The first-order valence-electron chi connectivity index (χ1n) is 4.24. The summed E-state index contributed by atoms with van der Waals surface area (Å²) in [6.07, 6.45) is 4.05. The van der Waals surface area contributed by atoms with Gasteiger partial charge >= 0.3 is 0 Å². The van der Waals surface area contributed by atoms with Gasteiger partial charge in [-0.05, 0) is 18.1 Å². The van der Waals surface area contributed by atoms with Gasteiger partial charge in [-0.15, -0.1) is 0 Å². The van der Waals surface area contributed by atoms with Crippen LogP contribution in [0.5, 0.6) is 0 Å². The van der Waals surface area contributed by atoms with Crippen LogP contribution in [0.1, 0.15) is 28.0 Å². The highest BCUT2D eigenvalue weighted by molar-refractivity contribution is 5.84. The van der Waals surface area contributed by atoms with Crippen molar-refractivity contribution in [2.24, 2.45) is 0 Å². The maximum Gasteiger partial charge on any atom is 0.151 e. The average Bonchev–Trinajstić information content (AvgIpc) is 2.16. The fourth-order valence-electron chi connectivity index (χ4n) is 1.56. The molecule has 0 N–H and O–H groups in total. The Labute approximate surface area is 75.8 Å². The Morgan fingerprint density at radius 3 is 3.00 bits per heavy atom. The van der Waals surface area contributed by atoms with Gasteiger partial charge in [0.2, 0.25) is 0 Å². The molecule has 1 aromatic heterocycles. The van der Waals surface area contributed by atoms with Crippen molar-refractivity contribution in [2.45, 2.75) is 19.3 Å². The molecule has 0 aliphatic heterocycles. The van der Waals surface area contributed by atoms with Gasteiger partial charge in [0.25, 0.3) is 0 Å². The molecule has 0 aromatic carbocycles. The number of fused-ring (bicyclic) bond motifs is 1. The van der Waals surface area contributed by atoms with Crippen molar-refractivity contribution in [2.75, 3.05) is 0 Å². The number of Topliss-reactive ketones (excluding diaryl/α,β-unsaturated/α-hetero) is 1. The molecule has 3 heteroatoms. The number of rotatable bonds is 1. The monoisotopic (exact) mass is 175 g/mol. The third-order valence-electron chi connectivity index (χ3n) is 2.25. The van der Waals surface area contributed by atoms with Gasteiger partial charge in [-0.25, -0.2) is 0 Å². The lowest BCUT2D eigenvalue weighted by Crippen LogP contribution is -2.14. The summed E-state index contributed by atoms with van der Waals surface area (Å²) < 4.78 is 0.